The first-order valence-corrected chi connectivity index (χ1v) is 9.14. The lowest BCUT2D eigenvalue weighted by molar-refractivity contribution is -0.158. The first-order valence-electron chi connectivity index (χ1n) is 9.14. The Hall–Kier alpha value is -2.92. The molecule has 0 atom stereocenters. The van der Waals surface area contributed by atoms with Crippen molar-refractivity contribution >= 4 is 17.3 Å². The minimum atomic E-state index is -1.07. The number of Topliss-reactive ketones (excluding diaryl/α,β-unsaturated/α-hetero) is 1. The Morgan fingerprint density at radius 2 is 1.64 bits per heavy atom. The number of hydrogen-bond donors (Lipinski definition) is 2. The average Bonchev–Trinajstić information content (AvgIpc) is 2.61. The fourth-order valence-corrected chi connectivity index (χ4v) is 3.70. The number of ketones is 1. The van der Waals surface area contributed by atoms with Crippen LogP contribution in [0.3, 0.4) is 0 Å². The number of ether oxygens (including phenoxy) is 1. The van der Waals surface area contributed by atoms with Crippen LogP contribution in [0.2, 0.25) is 0 Å². The molecule has 0 unspecified atom stereocenters. The fraction of sp³-hybridized carbons (Fsp3) is 0.304. The van der Waals surface area contributed by atoms with Gasteiger partial charge in [0.2, 0.25) is 5.91 Å². The van der Waals surface area contributed by atoms with Gasteiger partial charge in [0.1, 0.15) is 17.0 Å². The van der Waals surface area contributed by atoms with E-state index in [1.807, 2.05) is 37.3 Å². The standard InChI is InChI=1S/C23H25NO4/c1-13-10-11-14(15-8-6-7-9-16(15)21(24)27)12-17(13)18-19(25)22(2,3)28-23(4,5)20(18)26/h6-12,25H,1-5H3,(H2,24,27). The summed E-state index contributed by atoms with van der Waals surface area (Å²) >= 11 is 0. The number of nitrogens with two attached hydrogens (primary N) is 1. The topological polar surface area (TPSA) is 89.6 Å². The molecule has 1 heterocycles. The maximum atomic E-state index is 13.1. The van der Waals surface area contributed by atoms with E-state index in [4.69, 9.17) is 10.5 Å². The summed E-state index contributed by atoms with van der Waals surface area (Å²) < 4.78 is 5.82. The summed E-state index contributed by atoms with van der Waals surface area (Å²) in [4.78, 5) is 24.9. The molecule has 0 aliphatic carbocycles. The summed E-state index contributed by atoms with van der Waals surface area (Å²) in [6.45, 7) is 8.74. The number of amides is 1. The van der Waals surface area contributed by atoms with Crippen LogP contribution >= 0.6 is 0 Å². The Balaban J connectivity index is 2.26. The summed E-state index contributed by atoms with van der Waals surface area (Å²) in [6, 6.07) is 12.6. The van der Waals surface area contributed by atoms with Crippen LogP contribution in [0.15, 0.2) is 48.2 Å². The third kappa shape index (κ3) is 3.22. The molecule has 3 rings (SSSR count). The van der Waals surface area contributed by atoms with Gasteiger partial charge in [-0.2, -0.15) is 0 Å². The van der Waals surface area contributed by atoms with Crippen LogP contribution in [0.25, 0.3) is 16.7 Å². The van der Waals surface area contributed by atoms with Crippen LogP contribution in [-0.4, -0.2) is 28.0 Å². The number of carbonyl (C=O) groups excluding carboxylic acids is 2. The molecular formula is C23H25NO4. The second-order valence-corrected chi connectivity index (χ2v) is 8.11. The highest BCUT2D eigenvalue weighted by atomic mass is 16.5. The first-order chi connectivity index (χ1) is 13.0. The van der Waals surface area contributed by atoms with Gasteiger partial charge in [0.15, 0.2) is 5.78 Å². The molecule has 0 fully saturated rings. The van der Waals surface area contributed by atoms with Crippen molar-refractivity contribution in [3.63, 3.8) is 0 Å². The van der Waals surface area contributed by atoms with E-state index in [1.54, 1.807) is 39.8 Å². The van der Waals surface area contributed by atoms with Gasteiger partial charge in [-0.05, 0) is 69.0 Å². The van der Waals surface area contributed by atoms with Crippen LogP contribution in [0.5, 0.6) is 0 Å². The van der Waals surface area contributed by atoms with Crippen molar-refractivity contribution in [2.24, 2.45) is 5.73 Å². The summed E-state index contributed by atoms with van der Waals surface area (Å²) in [5.41, 5.74) is 6.96. The molecule has 146 valence electrons. The molecule has 0 bridgehead atoms. The van der Waals surface area contributed by atoms with Gasteiger partial charge in [0.05, 0.1) is 5.57 Å². The number of hydrogen-bond acceptors (Lipinski definition) is 4. The van der Waals surface area contributed by atoms with E-state index in [1.165, 1.54) is 0 Å². The minimum absolute atomic E-state index is 0.0970. The molecule has 2 aromatic rings. The predicted octanol–water partition coefficient (Wildman–Crippen LogP) is 4.19. The van der Waals surface area contributed by atoms with Crippen molar-refractivity contribution in [3.05, 3.63) is 64.9 Å². The smallest absolute Gasteiger partial charge is 0.249 e. The van der Waals surface area contributed by atoms with Crippen molar-refractivity contribution in [1.82, 2.24) is 0 Å². The molecule has 0 radical (unpaired) electrons. The van der Waals surface area contributed by atoms with Gasteiger partial charge in [0.25, 0.3) is 0 Å². The number of primary amides is 1. The van der Waals surface area contributed by atoms with Crippen molar-refractivity contribution < 1.29 is 19.4 Å². The molecule has 0 aromatic heterocycles. The van der Waals surface area contributed by atoms with Crippen LogP contribution in [0.1, 0.15) is 49.2 Å². The zero-order chi connectivity index (χ0) is 20.9. The minimum Gasteiger partial charge on any atom is -0.508 e. The van der Waals surface area contributed by atoms with Crippen molar-refractivity contribution in [2.45, 2.75) is 45.8 Å². The summed E-state index contributed by atoms with van der Waals surface area (Å²) in [5.74, 6) is -0.905. The monoisotopic (exact) mass is 379 g/mol. The quantitative estimate of drug-likeness (QED) is 0.837. The van der Waals surface area contributed by atoms with Crippen molar-refractivity contribution in [2.75, 3.05) is 0 Å². The van der Waals surface area contributed by atoms with Gasteiger partial charge in [-0.1, -0.05) is 30.3 Å². The van der Waals surface area contributed by atoms with Gasteiger partial charge in [-0.3, -0.25) is 9.59 Å². The number of aliphatic hydroxyl groups excluding tert-OH is 1. The lowest BCUT2D eigenvalue weighted by Gasteiger charge is -2.40. The highest BCUT2D eigenvalue weighted by Gasteiger charge is 2.47. The maximum absolute atomic E-state index is 13.1. The van der Waals surface area contributed by atoms with E-state index in [9.17, 15) is 14.7 Å². The van der Waals surface area contributed by atoms with E-state index in [0.717, 1.165) is 11.1 Å². The van der Waals surface area contributed by atoms with E-state index in [0.29, 0.717) is 16.7 Å². The number of rotatable bonds is 3. The lowest BCUT2D eigenvalue weighted by Crippen LogP contribution is -2.49. The van der Waals surface area contributed by atoms with Crippen LogP contribution < -0.4 is 5.73 Å². The van der Waals surface area contributed by atoms with E-state index >= 15 is 0 Å². The number of carbonyl (C=O) groups is 2. The maximum Gasteiger partial charge on any atom is 0.249 e. The van der Waals surface area contributed by atoms with Crippen LogP contribution in [0, 0.1) is 6.92 Å². The van der Waals surface area contributed by atoms with Gasteiger partial charge in [0, 0.05) is 5.56 Å². The van der Waals surface area contributed by atoms with Gasteiger partial charge in [-0.25, -0.2) is 0 Å². The predicted molar refractivity (Wildman–Crippen MR) is 109 cm³/mol. The Kier molecular flexibility index (Phi) is 4.68. The molecule has 28 heavy (non-hydrogen) atoms. The highest BCUT2D eigenvalue weighted by Crippen LogP contribution is 2.41. The molecule has 5 nitrogen and oxygen atoms in total. The largest absolute Gasteiger partial charge is 0.508 e. The third-order valence-corrected chi connectivity index (χ3v) is 5.10. The molecule has 5 heteroatoms. The molecule has 1 amide bonds. The molecule has 1 aliphatic heterocycles. The van der Waals surface area contributed by atoms with Gasteiger partial charge < -0.3 is 15.6 Å². The molecule has 0 saturated carbocycles. The Bertz CT molecular complexity index is 1020. The Morgan fingerprint density at radius 3 is 2.29 bits per heavy atom. The highest BCUT2D eigenvalue weighted by molar-refractivity contribution is 6.26. The molecular weight excluding hydrogens is 354 g/mol. The molecule has 0 spiro atoms. The molecule has 0 saturated heterocycles. The van der Waals surface area contributed by atoms with Crippen LogP contribution in [0.4, 0.5) is 0 Å². The fourth-order valence-electron chi connectivity index (χ4n) is 3.70. The van der Waals surface area contributed by atoms with Crippen molar-refractivity contribution in [3.8, 4) is 11.1 Å². The third-order valence-electron chi connectivity index (χ3n) is 5.10. The zero-order valence-electron chi connectivity index (χ0n) is 16.8. The zero-order valence-corrected chi connectivity index (χ0v) is 16.8. The molecule has 2 aromatic carbocycles. The van der Waals surface area contributed by atoms with E-state index in [-0.39, 0.29) is 17.1 Å². The van der Waals surface area contributed by atoms with Gasteiger partial charge >= 0.3 is 0 Å². The summed E-state index contributed by atoms with van der Waals surface area (Å²) in [7, 11) is 0. The number of aryl methyl sites for hydroxylation is 1. The average molecular weight is 379 g/mol. The SMILES string of the molecule is Cc1ccc(-c2ccccc2C(N)=O)cc1C1=C(O)C(C)(C)OC(C)(C)C1=O. The number of benzene rings is 2. The normalized spacial score (nSPS) is 18.2. The first kappa shape index (κ1) is 19.8. The second-order valence-electron chi connectivity index (χ2n) is 8.11. The number of aliphatic hydroxyl groups is 1. The summed E-state index contributed by atoms with van der Waals surface area (Å²) in [6.07, 6.45) is 0. The second kappa shape index (κ2) is 6.60. The Labute approximate surface area is 164 Å². The van der Waals surface area contributed by atoms with Crippen molar-refractivity contribution in [1.29, 1.82) is 0 Å². The van der Waals surface area contributed by atoms with Gasteiger partial charge in [-0.15, -0.1) is 0 Å². The summed E-state index contributed by atoms with van der Waals surface area (Å²) in [5, 5.41) is 10.8. The van der Waals surface area contributed by atoms with E-state index in [2.05, 4.69) is 0 Å². The van der Waals surface area contributed by atoms with E-state index < -0.39 is 17.1 Å². The molecule has 1 aliphatic rings. The Morgan fingerprint density at radius 1 is 1.00 bits per heavy atom. The lowest BCUT2D eigenvalue weighted by atomic mass is 9.81. The molecule has 3 N–H and O–H groups in total. The van der Waals surface area contributed by atoms with Crippen LogP contribution in [-0.2, 0) is 9.53 Å².